The summed E-state index contributed by atoms with van der Waals surface area (Å²) in [4.78, 5) is 22.9. The quantitative estimate of drug-likeness (QED) is 0.668. The van der Waals surface area contributed by atoms with E-state index in [0.717, 1.165) is 0 Å². The summed E-state index contributed by atoms with van der Waals surface area (Å²) < 4.78 is 1.17. The first-order valence-corrected chi connectivity index (χ1v) is 5.94. The number of amides is 2. The molecular weight excluding hydrogens is 248 g/mol. The number of carbonyl (C=O) groups is 2. The monoisotopic (exact) mass is 260 g/mol. The van der Waals surface area contributed by atoms with Crippen molar-refractivity contribution < 1.29 is 19.8 Å². The van der Waals surface area contributed by atoms with Crippen LogP contribution in [-0.4, -0.2) is 26.6 Å². The van der Waals surface area contributed by atoms with Gasteiger partial charge in [-0.05, 0) is 18.6 Å². The lowest BCUT2D eigenvalue weighted by molar-refractivity contribution is -0.135. The van der Waals surface area contributed by atoms with Crippen LogP contribution in [0.2, 0.25) is 0 Å². The van der Waals surface area contributed by atoms with Crippen LogP contribution in [0, 0.1) is 0 Å². The highest BCUT2D eigenvalue weighted by atomic mass is 16.3. The molecule has 0 aliphatic carbocycles. The number of hydrogen-bond acceptors (Lipinski definition) is 4. The van der Waals surface area contributed by atoms with Gasteiger partial charge in [-0.1, -0.05) is 12.1 Å². The number of piperidine rings is 1. The van der Waals surface area contributed by atoms with Crippen LogP contribution in [0.15, 0.2) is 24.3 Å². The lowest BCUT2D eigenvalue weighted by atomic mass is 10.1. The summed E-state index contributed by atoms with van der Waals surface area (Å²) in [6, 6.07) is 6.01. The van der Waals surface area contributed by atoms with E-state index in [1.165, 1.54) is 4.57 Å². The van der Waals surface area contributed by atoms with E-state index < -0.39 is 11.9 Å². The predicted octanol–water partition coefficient (Wildman–Crippen LogP) is 1.03. The van der Waals surface area contributed by atoms with Crippen LogP contribution < -0.4 is 5.32 Å². The van der Waals surface area contributed by atoms with Gasteiger partial charge in [0.25, 0.3) is 0 Å². The van der Waals surface area contributed by atoms with Crippen LogP contribution in [0.5, 0.6) is 11.8 Å². The molecule has 0 saturated carbocycles. The standard InChI is InChI=1S/C13H12N2O4/c16-10-6-5-9(11(17)14-10)15-12(18)7-3-1-2-4-8(7)13(15)19/h1-4,9,18-19H,5-6H2,(H,14,16,17). The summed E-state index contributed by atoms with van der Waals surface area (Å²) in [6.07, 6.45) is 0.441. The molecule has 1 aliphatic rings. The summed E-state index contributed by atoms with van der Waals surface area (Å²) in [5, 5.41) is 23.4. The van der Waals surface area contributed by atoms with Crippen molar-refractivity contribution in [3.8, 4) is 11.8 Å². The molecular formula is C13H12N2O4. The molecule has 1 aliphatic heterocycles. The number of hydrogen-bond donors (Lipinski definition) is 3. The van der Waals surface area contributed by atoms with E-state index in [2.05, 4.69) is 5.32 Å². The van der Waals surface area contributed by atoms with Gasteiger partial charge in [-0.2, -0.15) is 0 Å². The third-order valence-corrected chi connectivity index (χ3v) is 3.39. The zero-order chi connectivity index (χ0) is 13.6. The van der Waals surface area contributed by atoms with E-state index in [0.29, 0.717) is 10.8 Å². The molecule has 1 aromatic carbocycles. The van der Waals surface area contributed by atoms with E-state index in [9.17, 15) is 19.8 Å². The van der Waals surface area contributed by atoms with Gasteiger partial charge < -0.3 is 10.2 Å². The maximum absolute atomic E-state index is 11.8. The third kappa shape index (κ3) is 1.64. The smallest absolute Gasteiger partial charge is 0.249 e. The van der Waals surface area contributed by atoms with Crippen LogP contribution in [0.3, 0.4) is 0 Å². The van der Waals surface area contributed by atoms with E-state index in [-0.39, 0.29) is 30.5 Å². The number of aromatic nitrogens is 1. The van der Waals surface area contributed by atoms with Gasteiger partial charge in [-0.15, -0.1) is 0 Å². The molecule has 19 heavy (non-hydrogen) atoms. The zero-order valence-electron chi connectivity index (χ0n) is 9.96. The first kappa shape index (κ1) is 11.6. The Bertz CT molecular complexity index is 650. The van der Waals surface area contributed by atoms with Crippen molar-refractivity contribution >= 4 is 22.6 Å². The number of nitrogens with one attached hydrogen (secondary N) is 1. The van der Waals surface area contributed by atoms with Crippen LogP contribution in [-0.2, 0) is 9.59 Å². The molecule has 1 aromatic heterocycles. The average Bonchev–Trinajstić information content (AvgIpc) is 2.64. The fourth-order valence-corrected chi connectivity index (χ4v) is 2.46. The minimum Gasteiger partial charge on any atom is -0.494 e. The number of fused-ring (bicyclic) bond motifs is 1. The molecule has 1 atom stereocenters. The summed E-state index contributed by atoms with van der Waals surface area (Å²) >= 11 is 0. The van der Waals surface area contributed by atoms with Crippen LogP contribution in [0.4, 0.5) is 0 Å². The first-order chi connectivity index (χ1) is 9.09. The molecule has 3 N–H and O–H groups in total. The Morgan fingerprint density at radius 2 is 1.68 bits per heavy atom. The lowest BCUT2D eigenvalue weighted by Crippen LogP contribution is -2.41. The second-order valence-electron chi connectivity index (χ2n) is 4.53. The molecule has 2 heterocycles. The molecule has 0 radical (unpaired) electrons. The number of benzene rings is 1. The van der Waals surface area contributed by atoms with Gasteiger partial charge in [0.1, 0.15) is 6.04 Å². The summed E-state index contributed by atoms with van der Waals surface area (Å²) in [5.41, 5.74) is 0. The summed E-state index contributed by atoms with van der Waals surface area (Å²) in [6.45, 7) is 0. The van der Waals surface area contributed by atoms with Crippen molar-refractivity contribution in [2.45, 2.75) is 18.9 Å². The Kier molecular flexibility index (Phi) is 2.45. The van der Waals surface area contributed by atoms with Gasteiger partial charge >= 0.3 is 0 Å². The Hall–Kier alpha value is -2.50. The van der Waals surface area contributed by atoms with Gasteiger partial charge in [0, 0.05) is 17.2 Å². The summed E-state index contributed by atoms with van der Waals surface area (Å²) in [5.74, 6) is -1.18. The SMILES string of the molecule is O=C1CCC(n2c(O)c3ccccc3c2O)C(=O)N1. The molecule has 98 valence electrons. The molecule has 0 spiro atoms. The van der Waals surface area contributed by atoms with Crippen molar-refractivity contribution in [1.29, 1.82) is 0 Å². The van der Waals surface area contributed by atoms with Crippen LogP contribution in [0.1, 0.15) is 18.9 Å². The molecule has 1 saturated heterocycles. The van der Waals surface area contributed by atoms with Gasteiger partial charge in [0.15, 0.2) is 0 Å². The lowest BCUT2D eigenvalue weighted by Gasteiger charge is -2.23. The number of nitrogens with zero attached hydrogens (tertiary/aromatic N) is 1. The van der Waals surface area contributed by atoms with Crippen molar-refractivity contribution in [3.63, 3.8) is 0 Å². The number of aromatic hydroxyl groups is 2. The van der Waals surface area contributed by atoms with Gasteiger partial charge in [-0.25, -0.2) is 0 Å². The van der Waals surface area contributed by atoms with Gasteiger partial charge in [-0.3, -0.25) is 19.5 Å². The minimum atomic E-state index is -0.773. The van der Waals surface area contributed by atoms with Crippen molar-refractivity contribution in [1.82, 2.24) is 9.88 Å². The van der Waals surface area contributed by atoms with Gasteiger partial charge in [0.2, 0.25) is 23.6 Å². The zero-order valence-corrected chi connectivity index (χ0v) is 9.96. The van der Waals surface area contributed by atoms with E-state index in [1.54, 1.807) is 24.3 Å². The normalized spacial score (nSPS) is 19.7. The number of carbonyl (C=O) groups excluding carboxylic acids is 2. The highest BCUT2D eigenvalue weighted by Gasteiger charge is 2.32. The number of imide groups is 1. The molecule has 2 amide bonds. The Labute approximate surface area is 108 Å². The molecule has 3 rings (SSSR count). The van der Waals surface area contributed by atoms with Crippen molar-refractivity contribution in [2.75, 3.05) is 0 Å². The average molecular weight is 260 g/mol. The Morgan fingerprint density at radius 3 is 2.21 bits per heavy atom. The topological polar surface area (TPSA) is 91.6 Å². The van der Waals surface area contributed by atoms with Crippen LogP contribution >= 0.6 is 0 Å². The molecule has 6 heteroatoms. The largest absolute Gasteiger partial charge is 0.494 e. The van der Waals surface area contributed by atoms with E-state index in [4.69, 9.17) is 0 Å². The fraction of sp³-hybridized carbons (Fsp3) is 0.231. The predicted molar refractivity (Wildman–Crippen MR) is 66.7 cm³/mol. The van der Waals surface area contributed by atoms with Gasteiger partial charge in [0.05, 0.1) is 0 Å². The highest BCUT2D eigenvalue weighted by molar-refractivity contribution is 6.01. The minimum absolute atomic E-state index is 0.164. The molecule has 0 bridgehead atoms. The Morgan fingerprint density at radius 1 is 1.11 bits per heavy atom. The van der Waals surface area contributed by atoms with E-state index in [1.807, 2.05) is 0 Å². The van der Waals surface area contributed by atoms with Crippen molar-refractivity contribution in [3.05, 3.63) is 24.3 Å². The van der Waals surface area contributed by atoms with E-state index >= 15 is 0 Å². The fourth-order valence-electron chi connectivity index (χ4n) is 2.46. The maximum Gasteiger partial charge on any atom is 0.249 e. The van der Waals surface area contributed by atoms with Crippen LogP contribution in [0.25, 0.3) is 10.8 Å². The second-order valence-corrected chi connectivity index (χ2v) is 4.53. The molecule has 1 fully saturated rings. The second kappa shape index (κ2) is 4.01. The maximum atomic E-state index is 11.8. The molecule has 1 unspecified atom stereocenters. The summed E-state index contributed by atoms with van der Waals surface area (Å²) in [7, 11) is 0. The number of rotatable bonds is 1. The van der Waals surface area contributed by atoms with Crippen molar-refractivity contribution in [2.24, 2.45) is 0 Å². The highest BCUT2D eigenvalue weighted by Crippen LogP contribution is 2.40. The molecule has 2 aromatic rings. The molecule has 6 nitrogen and oxygen atoms in total. The third-order valence-electron chi connectivity index (χ3n) is 3.39. The Balaban J connectivity index is 2.15. The first-order valence-electron chi connectivity index (χ1n) is 5.94.